The predicted molar refractivity (Wildman–Crippen MR) is 78.7 cm³/mol. The zero-order chi connectivity index (χ0) is 13.7. The van der Waals surface area contributed by atoms with Crippen LogP contribution in [0.4, 0.5) is 0 Å². The van der Waals surface area contributed by atoms with Gasteiger partial charge >= 0.3 is 0 Å². The minimum absolute atomic E-state index is 0.119. The summed E-state index contributed by atoms with van der Waals surface area (Å²) in [7, 11) is 0. The Hall–Kier alpha value is -1.42. The predicted octanol–water partition coefficient (Wildman–Crippen LogP) is 2.43. The van der Waals surface area contributed by atoms with Gasteiger partial charge in [0, 0.05) is 5.56 Å². The molecule has 98 valence electrons. The Balaban J connectivity index is 2.79. The molecule has 1 aromatic carbocycles. The van der Waals surface area contributed by atoms with Gasteiger partial charge < -0.3 is 11.1 Å². The van der Waals surface area contributed by atoms with Gasteiger partial charge in [-0.15, -0.1) is 0 Å². The maximum atomic E-state index is 12.1. The molecule has 0 aliphatic rings. The van der Waals surface area contributed by atoms with Crippen LogP contribution < -0.4 is 11.1 Å². The molecule has 0 saturated carbocycles. The number of hydrogen-bond acceptors (Lipinski definition) is 2. The van der Waals surface area contributed by atoms with Gasteiger partial charge in [0.15, 0.2) is 0 Å². The van der Waals surface area contributed by atoms with Crippen molar-refractivity contribution >= 4 is 23.1 Å². The van der Waals surface area contributed by atoms with Crippen molar-refractivity contribution in [1.29, 1.82) is 0 Å². The highest BCUT2D eigenvalue weighted by molar-refractivity contribution is 7.80. The summed E-state index contributed by atoms with van der Waals surface area (Å²) in [5, 5.41) is 2.90. The van der Waals surface area contributed by atoms with Crippen LogP contribution in [0.3, 0.4) is 0 Å². The first-order valence-corrected chi connectivity index (χ1v) is 6.48. The number of nitrogens with two attached hydrogens (primary N) is 1. The van der Waals surface area contributed by atoms with Crippen LogP contribution in [0.15, 0.2) is 24.3 Å². The molecule has 1 atom stereocenters. The van der Waals surface area contributed by atoms with Crippen LogP contribution in [-0.4, -0.2) is 16.9 Å². The molecule has 0 aliphatic heterocycles. The van der Waals surface area contributed by atoms with Crippen LogP contribution in [-0.2, 0) is 0 Å². The maximum Gasteiger partial charge on any atom is 0.252 e. The summed E-state index contributed by atoms with van der Waals surface area (Å²) in [4.78, 5) is 12.5. The SMILES string of the molecule is Cc1ccccc1C(=O)NC(CC(C)C)C(N)=S. The first-order valence-electron chi connectivity index (χ1n) is 6.07. The number of aryl methyl sites for hydroxylation is 1. The molecule has 0 bridgehead atoms. The lowest BCUT2D eigenvalue weighted by atomic mass is 10.0. The van der Waals surface area contributed by atoms with E-state index >= 15 is 0 Å². The fourth-order valence-corrected chi connectivity index (χ4v) is 1.94. The number of carbonyl (C=O) groups is 1. The van der Waals surface area contributed by atoms with E-state index in [1.54, 1.807) is 6.07 Å². The second-order valence-electron chi connectivity index (χ2n) is 4.87. The molecule has 0 radical (unpaired) electrons. The van der Waals surface area contributed by atoms with E-state index in [4.69, 9.17) is 18.0 Å². The average molecular weight is 264 g/mol. The summed E-state index contributed by atoms with van der Waals surface area (Å²) in [6.45, 7) is 6.06. The number of thiocarbonyl (C=S) groups is 1. The molecule has 0 spiro atoms. The number of nitrogens with one attached hydrogen (secondary N) is 1. The molecular formula is C14H20N2OS. The molecule has 0 aromatic heterocycles. The number of amides is 1. The molecule has 1 amide bonds. The minimum Gasteiger partial charge on any atom is -0.392 e. The first-order chi connectivity index (χ1) is 8.41. The lowest BCUT2D eigenvalue weighted by molar-refractivity contribution is 0.0943. The second-order valence-corrected chi connectivity index (χ2v) is 5.34. The molecule has 0 aliphatic carbocycles. The third-order valence-electron chi connectivity index (χ3n) is 2.75. The van der Waals surface area contributed by atoms with E-state index in [0.29, 0.717) is 16.5 Å². The lowest BCUT2D eigenvalue weighted by Gasteiger charge is -2.19. The second kappa shape index (κ2) is 6.50. The van der Waals surface area contributed by atoms with Crippen molar-refractivity contribution in [3.8, 4) is 0 Å². The molecule has 0 fully saturated rings. The number of hydrogen-bond donors (Lipinski definition) is 2. The van der Waals surface area contributed by atoms with Gasteiger partial charge in [-0.1, -0.05) is 44.3 Å². The van der Waals surface area contributed by atoms with Gasteiger partial charge in [0.2, 0.25) is 0 Å². The summed E-state index contributed by atoms with van der Waals surface area (Å²) in [5.74, 6) is 0.306. The molecule has 0 saturated heterocycles. The van der Waals surface area contributed by atoms with Gasteiger partial charge in [-0.25, -0.2) is 0 Å². The Morgan fingerprint density at radius 2 is 2.00 bits per heavy atom. The zero-order valence-electron chi connectivity index (χ0n) is 11.1. The van der Waals surface area contributed by atoms with Crippen molar-refractivity contribution < 1.29 is 4.79 Å². The normalized spacial score (nSPS) is 12.2. The van der Waals surface area contributed by atoms with Gasteiger partial charge in [0.05, 0.1) is 11.0 Å². The maximum absolute atomic E-state index is 12.1. The summed E-state index contributed by atoms with van der Waals surface area (Å²) in [6.07, 6.45) is 0.757. The van der Waals surface area contributed by atoms with E-state index in [0.717, 1.165) is 12.0 Å². The van der Waals surface area contributed by atoms with Crippen LogP contribution in [0, 0.1) is 12.8 Å². The number of rotatable bonds is 5. The fraction of sp³-hybridized carbons (Fsp3) is 0.429. The Bertz CT molecular complexity index is 443. The van der Waals surface area contributed by atoms with Crippen molar-refractivity contribution in [2.24, 2.45) is 11.7 Å². The fourth-order valence-electron chi connectivity index (χ4n) is 1.78. The van der Waals surface area contributed by atoms with E-state index in [1.807, 2.05) is 25.1 Å². The molecule has 0 heterocycles. The molecule has 4 heteroatoms. The van der Waals surface area contributed by atoms with Crippen LogP contribution in [0.25, 0.3) is 0 Å². The van der Waals surface area contributed by atoms with Crippen molar-refractivity contribution in [2.75, 3.05) is 0 Å². The summed E-state index contributed by atoms with van der Waals surface area (Å²) in [6, 6.07) is 7.22. The molecule has 1 unspecified atom stereocenters. The summed E-state index contributed by atoms with van der Waals surface area (Å²) < 4.78 is 0. The van der Waals surface area contributed by atoms with Crippen molar-refractivity contribution in [3.63, 3.8) is 0 Å². The highest BCUT2D eigenvalue weighted by atomic mass is 32.1. The Kier molecular flexibility index (Phi) is 5.28. The number of benzene rings is 1. The van der Waals surface area contributed by atoms with E-state index in [1.165, 1.54) is 0 Å². The zero-order valence-corrected chi connectivity index (χ0v) is 11.9. The Morgan fingerprint density at radius 3 is 2.50 bits per heavy atom. The molecule has 18 heavy (non-hydrogen) atoms. The van der Waals surface area contributed by atoms with E-state index in [2.05, 4.69) is 19.2 Å². The van der Waals surface area contributed by atoms with Gasteiger partial charge in [-0.3, -0.25) is 4.79 Å². The van der Waals surface area contributed by atoms with Crippen molar-refractivity contribution in [3.05, 3.63) is 35.4 Å². The monoisotopic (exact) mass is 264 g/mol. The lowest BCUT2D eigenvalue weighted by Crippen LogP contribution is -2.44. The highest BCUT2D eigenvalue weighted by Crippen LogP contribution is 2.10. The van der Waals surface area contributed by atoms with Crippen LogP contribution >= 0.6 is 12.2 Å². The van der Waals surface area contributed by atoms with Gasteiger partial charge in [0.25, 0.3) is 5.91 Å². The topological polar surface area (TPSA) is 55.1 Å². The van der Waals surface area contributed by atoms with E-state index < -0.39 is 0 Å². The molecule has 3 nitrogen and oxygen atoms in total. The minimum atomic E-state index is -0.243. The molecule has 3 N–H and O–H groups in total. The number of carbonyl (C=O) groups excluding carboxylic acids is 1. The van der Waals surface area contributed by atoms with Gasteiger partial charge in [0.1, 0.15) is 0 Å². The Morgan fingerprint density at radius 1 is 1.39 bits per heavy atom. The van der Waals surface area contributed by atoms with Gasteiger partial charge in [-0.05, 0) is 30.9 Å². The first kappa shape index (κ1) is 14.6. The average Bonchev–Trinajstić information content (AvgIpc) is 2.27. The molecular weight excluding hydrogens is 244 g/mol. The largest absolute Gasteiger partial charge is 0.392 e. The van der Waals surface area contributed by atoms with Crippen LogP contribution in [0.5, 0.6) is 0 Å². The summed E-state index contributed by atoms with van der Waals surface area (Å²) in [5.41, 5.74) is 7.28. The van der Waals surface area contributed by atoms with Gasteiger partial charge in [-0.2, -0.15) is 0 Å². The third kappa shape index (κ3) is 4.11. The van der Waals surface area contributed by atoms with Crippen LogP contribution in [0.2, 0.25) is 0 Å². The van der Waals surface area contributed by atoms with Crippen molar-refractivity contribution in [1.82, 2.24) is 5.32 Å². The molecule has 1 aromatic rings. The van der Waals surface area contributed by atoms with Crippen LogP contribution in [0.1, 0.15) is 36.2 Å². The van der Waals surface area contributed by atoms with E-state index in [9.17, 15) is 4.79 Å². The Labute approximate surface area is 114 Å². The van der Waals surface area contributed by atoms with E-state index in [-0.39, 0.29) is 11.9 Å². The molecule has 1 rings (SSSR count). The summed E-state index contributed by atoms with van der Waals surface area (Å²) >= 11 is 5.00. The quantitative estimate of drug-likeness (QED) is 0.803. The standard InChI is InChI=1S/C14H20N2OS/c1-9(2)8-12(13(15)18)16-14(17)11-7-5-4-6-10(11)3/h4-7,9,12H,8H2,1-3H3,(H2,15,18)(H,16,17). The highest BCUT2D eigenvalue weighted by Gasteiger charge is 2.18. The van der Waals surface area contributed by atoms with Crippen molar-refractivity contribution in [2.45, 2.75) is 33.2 Å². The smallest absolute Gasteiger partial charge is 0.252 e. The third-order valence-corrected chi connectivity index (χ3v) is 3.03.